The standard InChI is InChI=1S/C13H23N5O2S/c1-3-17-12(5-4-11(14)19)15-18(13(17)21)9-16-6-7-20-10(2)8-16/h10H,3-9H2,1-2H3,(H2,14,19). The number of aromatic nitrogens is 3. The Balaban J connectivity index is 2.12. The van der Waals surface area contributed by atoms with Crippen LogP contribution in [0.3, 0.4) is 0 Å². The van der Waals surface area contributed by atoms with Crippen molar-refractivity contribution in [2.45, 2.75) is 46.0 Å². The van der Waals surface area contributed by atoms with Gasteiger partial charge in [0.1, 0.15) is 5.82 Å². The number of hydrogen-bond acceptors (Lipinski definition) is 5. The van der Waals surface area contributed by atoms with E-state index in [1.807, 2.05) is 16.2 Å². The first-order valence-electron chi connectivity index (χ1n) is 7.30. The van der Waals surface area contributed by atoms with Crippen LogP contribution in [0.15, 0.2) is 0 Å². The molecule has 0 aliphatic carbocycles. The lowest BCUT2D eigenvalue weighted by atomic mass is 10.3. The molecule has 2 heterocycles. The van der Waals surface area contributed by atoms with E-state index < -0.39 is 0 Å². The van der Waals surface area contributed by atoms with Crippen molar-refractivity contribution in [1.82, 2.24) is 19.2 Å². The van der Waals surface area contributed by atoms with Gasteiger partial charge in [-0.2, -0.15) is 5.10 Å². The SMILES string of the molecule is CCn1c(CCC(N)=O)nn(CN2CCOC(C)C2)c1=S. The van der Waals surface area contributed by atoms with Gasteiger partial charge in [-0.1, -0.05) is 0 Å². The average molecular weight is 313 g/mol. The molecule has 0 spiro atoms. The van der Waals surface area contributed by atoms with Crippen LogP contribution in [0.1, 0.15) is 26.1 Å². The third-order valence-electron chi connectivity index (χ3n) is 3.57. The number of aryl methyl sites for hydroxylation is 1. The summed E-state index contributed by atoms with van der Waals surface area (Å²) in [6.45, 7) is 7.97. The Kier molecular flexibility index (Phi) is 5.49. The molecule has 0 saturated carbocycles. The van der Waals surface area contributed by atoms with Crippen LogP contribution in [0.4, 0.5) is 0 Å². The number of rotatable bonds is 6. The average Bonchev–Trinajstić information content (AvgIpc) is 2.72. The Labute approximate surface area is 129 Å². The molecule has 1 aliphatic rings. The van der Waals surface area contributed by atoms with Crippen LogP contribution in [0.25, 0.3) is 0 Å². The fourth-order valence-electron chi connectivity index (χ4n) is 2.52. The molecule has 0 bridgehead atoms. The van der Waals surface area contributed by atoms with Crippen molar-refractivity contribution in [3.8, 4) is 0 Å². The Bertz CT molecular complexity index is 553. The second kappa shape index (κ2) is 7.15. The van der Waals surface area contributed by atoms with Crippen molar-refractivity contribution >= 4 is 18.1 Å². The van der Waals surface area contributed by atoms with Crippen molar-refractivity contribution < 1.29 is 9.53 Å². The molecule has 1 aliphatic heterocycles. The van der Waals surface area contributed by atoms with E-state index in [0.29, 0.717) is 24.3 Å². The van der Waals surface area contributed by atoms with E-state index in [4.69, 9.17) is 22.7 Å². The molecule has 1 saturated heterocycles. The minimum atomic E-state index is -0.319. The number of nitrogens with zero attached hydrogens (tertiary/aromatic N) is 4. The normalized spacial score (nSPS) is 19.8. The quantitative estimate of drug-likeness (QED) is 0.775. The van der Waals surface area contributed by atoms with Gasteiger partial charge in [-0.05, 0) is 26.1 Å². The Morgan fingerprint density at radius 2 is 2.33 bits per heavy atom. The monoisotopic (exact) mass is 313 g/mol. The van der Waals surface area contributed by atoms with Gasteiger partial charge in [-0.25, -0.2) is 4.68 Å². The number of amides is 1. The summed E-state index contributed by atoms with van der Waals surface area (Å²) in [5, 5.41) is 4.56. The van der Waals surface area contributed by atoms with Gasteiger partial charge < -0.3 is 15.0 Å². The van der Waals surface area contributed by atoms with Gasteiger partial charge in [0.15, 0.2) is 4.77 Å². The Hall–Kier alpha value is -1.25. The number of carbonyl (C=O) groups is 1. The third-order valence-corrected chi connectivity index (χ3v) is 4.00. The molecule has 2 N–H and O–H groups in total. The van der Waals surface area contributed by atoms with Gasteiger partial charge in [-0.3, -0.25) is 9.69 Å². The van der Waals surface area contributed by atoms with Gasteiger partial charge in [0.05, 0.1) is 19.4 Å². The molecule has 1 aromatic heterocycles. The minimum Gasteiger partial charge on any atom is -0.376 e. The lowest BCUT2D eigenvalue weighted by molar-refractivity contribution is -0.118. The second-order valence-electron chi connectivity index (χ2n) is 5.31. The summed E-state index contributed by atoms with van der Waals surface area (Å²) in [4.78, 5) is 13.2. The van der Waals surface area contributed by atoms with Crippen LogP contribution < -0.4 is 5.73 Å². The van der Waals surface area contributed by atoms with Crippen LogP contribution >= 0.6 is 12.2 Å². The molecule has 0 aromatic carbocycles. The van der Waals surface area contributed by atoms with Gasteiger partial charge in [0, 0.05) is 32.5 Å². The molecule has 1 amide bonds. The van der Waals surface area contributed by atoms with Crippen molar-refractivity contribution in [2.75, 3.05) is 19.7 Å². The number of primary amides is 1. The summed E-state index contributed by atoms with van der Waals surface area (Å²) in [7, 11) is 0. The molecule has 118 valence electrons. The smallest absolute Gasteiger partial charge is 0.217 e. The zero-order chi connectivity index (χ0) is 15.4. The minimum absolute atomic E-state index is 0.232. The maximum Gasteiger partial charge on any atom is 0.217 e. The molecule has 1 atom stereocenters. The predicted molar refractivity (Wildman–Crippen MR) is 81.2 cm³/mol. The van der Waals surface area contributed by atoms with Crippen molar-refractivity contribution in [3.63, 3.8) is 0 Å². The summed E-state index contributed by atoms with van der Waals surface area (Å²) < 4.78 is 10.0. The molecular formula is C13H23N5O2S. The summed E-state index contributed by atoms with van der Waals surface area (Å²) >= 11 is 5.48. The Morgan fingerprint density at radius 1 is 1.57 bits per heavy atom. The third kappa shape index (κ3) is 4.12. The van der Waals surface area contributed by atoms with Crippen LogP contribution in [0, 0.1) is 4.77 Å². The van der Waals surface area contributed by atoms with Crippen molar-refractivity contribution in [1.29, 1.82) is 0 Å². The fraction of sp³-hybridized carbons (Fsp3) is 0.769. The number of morpholine rings is 1. The van der Waals surface area contributed by atoms with Gasteiger partial charge in [-0.15, -0.1) is 0 Å². The number of ether oxygens (including phenoxy) is 1. The van der Waals surface area contributed by atoms with Gasteiger partial charge >= 0.3 is 0 Å². The number of carbonyl (C=O) groups excluding carboxylic acids is 1. The molecule has 7 nitrogen and oxygen atoms in total. The van der Waals surface area contributed by atoms with E-state index in [9.17, 15) is 4.79 Å². The highest BCUT2D eigenvalue weighted by Crippen LogP contribution is 2.09. The van der Waals surface area contributed by atoms with E-state index in [0.717, 1.165) is 32.1 Å². The first-order valence-corrected chi connectivity index (χ1v) is 7.70. The molecule has 1 aromatic rings. The van der Waals surface area contributed by atoms with Crippen LogP contribution in [0.2, 0.25) is 0 Å². The predicted octanol–water partition coefficient (Wildman–Crippen LogP) is 0.530. The maximum absolute atomic E-state index is 10.9. The highest BCUT2D eigenvalue weighted by atomic mass is 32.1. The fourth-order valence-corrected chi connectivity index (χ4v) is 2.86. The van der Waals surface area contributed by atoms with E-state index in [1.165, 1.54) is 0 Å². The molecule has 2 rings (SSSR count). The summed E-state index contributed by atoms with van der Waals surface area (Å²) in [5.41, 5.74) is 5.21. The first kappa shape index (κ1) is 16.1. The summed E-state index contributed by atoms with van der Waals surface area (Å²) in [5.74, 6) is 0.503. The second-order valence-corrected chi connectivity index (χ2v) is 5.67. The zero-order valence-electron chi connectivity index (χ0n) is 12.6. The number of nitrogens with two attached hydrogens (primary N) is 1. The van der Waals surface area contributed by atoms with Crippen LogP contribution in [-0.4, -0.2) is 51.0 Å². The molecule has 1 fully saturated rings. The Morgan fingerprint density at radius 3 is 2.95 bits per heavy atom. The lowest BCUT2D eigenvalue weighted by Crippen LogP contribution is -2.42. The van der Waals surface area contributed by atoms with E-state index in [-0.39, 0.29) is 12.0 Å². The van der Waals surface area contributed by atoms with Gasteiger partial charge in [0.25, 0.3) is 0 Å². The molecular weight excluding hydrogens is 290 g/mol. The molecule has 8 heteroatoms. The summed E-state index contributed by atoms with van der Waals surface area (Å²) in [6, 6.07) is 0. The van der Waals surface area contributed by atoms with Crippen molar-refractivity contribution in [3.05, 3.63) is 10.6 Å². The van der Waals surface area contributed by atoms with E-state index >= 15 is 0 Å². The van der Waals surface area contributed by atoms with Gasteiger partial charge in [0.2, 0.25) is 5.91 Å². The van der Waals surface area contributed by atoms with Crippen LogP contribution in [-0.2, 0) is 29.2 Å². The molecule has 1 unspecified atom stereocenters. The van der Waals surface area contributed by atoms with Crippen molar-refractivity contribution in [2.24, 2.45) is 5.73 Å². The number of hydrogen-bond donors (Lipinski definition) is 1. The van der Waals surface area contributed by atoms with E-state index in [1.54, 1.807) is 0 Å². The van der Waals surface area contributed by atoms with E-state index in [2.05, 4.69) is 16.9 Å². The lowest BCUT2D eigenvalue weighted by Gasteiger charge is -2.30. The zero-order valence-corrected chi connectivity index (χ0v) is 13.4. The largest absolute Gasteiger partial charge is 0.376 e. The first-order chi connectivity index (χ1) is 10.0. The topological polar surface area (TPSA) is 78.3 Å². The highest BCUT2D eigenvalue weighted by molar-refractivity contribution is 7.71. The molecule has 21 heavy (non-hydrogen) atoms. The highest BCUT2D eigenvalue weighted by Gasteiger charge is 2.18. The van der Waals surface area contributed by atoms with Crippen LogP contribution in [0.5, 0.6) is 0 Å². The summed E-state index contributed by atoms with van der Waals surface area (Å²) in [6.07, 6.45) is 1.05. The maximum atomic E-state index is 10.9. The molecule has 0 radical (unpaired) electrons.